The molecule has 12 heteroatoms. The molecule has 1 fully saturated rings. The molecule has 0 aliphatic carbocycles. The fraction of sp³-hybridized carbons (Fsp3) is 0.227. The molecule has 1 saturated heterocycles. The molecule has 2 aromatic heterocycles. The van der Waals surface area contributed by atoms with E-state index in [0.29, 0.717) is 29.4 Å². The van der Waals surface area contributed by atoms with Gasteiger partial charge in [0, 0.05) is 48.8 Å². The number of amides is 1. The summed E-state index contributed by atoms with van der Waals surface area (Å²) in [6.07, 6.45) is 0. The fourth-order valence-corrected chi connectivity index (χ4v) is 4.68. The summed E-state index contributed by atoms with van der Waals surface area (Å²) in [6.45, 7) is 2.97. The van der Waals surface area contributed by atoms with Gasteiger partial charge in [-0.2, -0.15) is 4.98 Å². The maximum absolute atomic E-state index is 13.2. The van der Waals surface area contributed by atoms with E-state index in [-0.39, 0.29) is 23.0 Å². The number of likely N-dealkylation sites (N-methyl/N-ethyl adjacent to an activating group) is 1. The lowest BCUT2D eigenvalue weighted by Crippen LogP contribution is -2.44. The van der Waals surface area contributed by atoms with Crippen LogP contribution in [0.5, 0.6) is 0 Å². The Kier molecular flexibility index (Phi) is 5.67. The molecular weight excluding hydrogens is 461 g/mol. The highest BCUT2D eigenvalue weighted by molar-refractivity contribution is 7.15. The van der Waals surface area contributed by atoms with Crippen molar-refractivity contribution in [2.75, 3.05) is 43.4 Å². The largest absolute Gasteiger partial charge is 0.363 e. The molecule has 2 aromatic carbocycles. The van der Waals surface area contributed by atoms with Gasteiger partial charge in [-0.3, -0.25) is 20.2 Å². The minimum absolute atomic E-state index is 0.0750. The SMILES string of the molecule is CN1CCN(c2ccc(C(=O)Nc3nc4scc(-c5ccc(F)cc5)n4n3)cc2[N+](=O)[O-])CC1. The van der Waals surface area contributed by atoms with Gasteiger partial charge in [0.1, 0.15) is 11.5 Å². The lowest BCUT2D eigenvalue weighted by Gasteiger charge is -2.33. The molecule has 0 spiro atoms. The zero-order valence-electron chi connectivity index (χ0n) is 18.1. The van der Waals surface area contributed by atoms with Gasteiger partial charge in [0.2, 0.25) is 4.96 Å². The van der Waals surface area contributed by atoms with Gasteiger partial charge in [0.15, 0.2) is 0 Å². The summed E-state index contributed by atoms with van der Waals surface area (Å²) in [6, 6.07) is 10.5. The van der Waals surface area contributed by atoms with Crippen LogP contribution in [0.15, 0.2) is 47.8 Å². The van der Waals surface area contributed by atoms with Crippen LogP contribution < -0.4 is 10.2 Å². The van der Waals surface area contributed by atoms with Gasteiger partial charge in [-0.05, 0) is 43.4 Å². The zero-order valence-corrected chi connectivity index (χ0v) is 19.0. The number of anilines is 2. The number of hydrogen-bond donors (Lipinski definition) is 1. The third kappa shape index (κ3) is 4.20. The highest BCUT2D eigenvalue weighted by atomic mass is 32.1. The molecule has 0 atom stereocenters. The van der Waals surface area contributed by atoms with E-state index < -0.39 is 10.8 Å². The first kappa shape index (κ1) is 21.9. The van der Waals surface area contributed by atoms with E-state index in [1.165, 1.54) is 29.5 Å². The lowest BCUT2D eigenvalue weighted by molar-refractivity contribution is -0.384. The van der Waals surface area contributed by atoms with Crippen molar-refractivity contribution >= 4 is 39.5 Å². The highest BCUT2D eigenvalue weighted by Gasteiger charge is 2.25. The van der Waals surface area contributed by atoms with Crippen molar-refractivity contribution in [2.24, 2.45) is 0 Å². The monoisotopic (exact) mass is 481 g/mol. The third-order valence-corrected chi connectivity index (χ3v) is 6.54. The number of nitro benzene ring substituents is 1. The molecule has 174 valence electrons. The number of halogens is 1. The van der Waals surface area contributed by atoms with Crippen LogP contribution in [0.2, 0.25) is 0 Å². The Morgan fingerprint density at radius 3 is 2.59 bits per heavy atom. The van der Waals surface area contributed by atoms with Crippen LogP contribution >= 0.6 is 11.3 Å². The molecule has 0 unspecified atom stereocenters. The smallest absolute Gasteiger partial charge is 0.293 e. The predicted octanol–water partition coefficient (Wildman–Crippen LogP) is 3.51. The van der Waals surface area contributed by atoms with Gasteiger partial charge < -0.3 is 9.80 Å². The number of carbonyl (C=O) groups is 1. The summed E-state index contributed by atoms with van der Waals surface area (Å²) in [5, 5.41) is 20.5. The maximum atomic E-state index is 13.2. The second kappa shape index (κ2) is 8.80. The minimum Gasteiger partial charge on any atom is -0.363 e. The van der Waals surface area contributed by atoms with Gasteiger partial charge in [-0.1, -0.05) is 0 Å². The van der Waals surface area contributed by atoms with Gasteiger partial charge in [0.05, 0.1) is 10.6 Å². The first-order chi connectivity index (χ1) is 16.4. The summed E-state index contributed by atoms with van der Waals surface area (Å²) in [5.74, 6) is -0.810. The predicted molar refractivity (Wildman–Crippen MR) is 127 cm³/mol. The molecule has 4 aromatic rings. The van der Waals surface area contributed by atoms with E-state index >= 15 is 0 Å². The average molecular weight is 482 g/mol. The van der Waals surface area contributed by atoms with Gasteiger partial charge in [0.25, 0.3) is 17.5 Å². The molecule has 0 bridgehead atoms. The highest BCUT2D eigenvalue weighted by Crippen LogP contribution is 2.31. The van der Waals surface area contributed by atoms with Crippen LogP contribution in [0.1, 0.15) is 10.4 Å². The summed E-state index contributed by atoms with van der Waals surface area (Å²) in [5.41, 5.74) is 1.99. The van der Waals surface area contributed by atoms with Crippen molar-refractivity contribution in [3.8, 4) is 11.3 Å². The number of thiazole rings is 1. The Bertz CT molecular complexity index is 1380. The number of carbonyl (C=O) groups excluding carboxylic acids is 1. The van der Waals surface area contributed by atoms with Crippen molar-refractivity contribution in [1.82, 2.24) is 19.5 Å². The van der Waals surface area contributed by atoms with E-state index in [9.17, 15) is 19.3 Å². The summed E-state index contributed by atoms with van der Waals surface area (Å²) in [7, 11) is 2.01. The molecular formula is C22H20FN7O3S. The first-order valence-electron chi connectivity index (χ1n) is 10.5. The molecule has 0 radical (unpaired) electrons. The van der Waals surface area contributed by atoms with Crippen molar-refractivity contribution in [3.63, 3.8) is 0 Å². The van der Waals surface area contributed by atoms with Gasteiger partial charge >= 0.3 is 0 Å². The van der Waals surface area contributed by atoms with E-state index in [0.717, 1.165) is 18.7 Å². The molecule has 1 amide bonds. The fourth-order valence-electron chi connectivity index (χ4n) is 3.85. The normalized spacial score (nSPS) is 14.5. The maximum Gasteiger partial charge on any atom is 0.293 e. The number of rotatable bonds is 5. The summed E-state index contributed by atoms with van der Waals surface area (Å²) < 4.78 is 14.8. The molecule has 3 heterocycles. The van der Waals surface area contributed by atoms with Crippen molar-refractivity contribution < 1.29 is 14.1 Å². The Morgan fingerprint density at radius 1 is 1.15 bits per heavy atom. The van der Waals surface area contributed by atoms with E-state index in [1.807, 2.05) is 17.3 Å². The van der Waals surface area contributed by atoms with Crippen molar-refractivity contribution in [3.05, 3.63) is 69.3 Å². The number of piperazine rings is 1. The second-order valence-electron chi connectivity index (χ2n) is 7.96. The van der Waals surface area contributed by atoms with Crippen LogP contribution in [0.3, 0.4) is 0 Å². The Morgan fingerprint density at radius 2 is 1.88 bits per heavy atom. The first-order valence-corrected chi connectivity index (χ1v) is 11.4. The van der Waals surface area contributed by atoms with Crippen LogP contribution in [0.4, 0.5) is 21.7 Å². The Hall–Kier alpha value is -3.90. The van der Waals surface area contributed by atoms with Crippen LogP contribution in [-0.4, -0.2) is 63.6 Å². The van der Waals surface area contributed by atoms with E-state index in [1.54, 1.807) is 28.8 Å². The average Bonchev–Trinajstić information content (AvgIpc) is 3.40. The Balaban J connectivity index is 1.38. The number of benzene rings is 2. The Labute approximate surface area is 197 Å². The third-order valence-electron chi connectivity index (χ3n) is 5.73. The van der Waals surface area contributed by atoms with E-state index in [2.05, 4.69) is 20.3 Å². The van der Waals surface area contributed by atoms with Crippen molar-refractivity contribution in [1.29, 1.82) is 0 Å². The van der Waals surface area contributed by atoms with Crippen LogP contribution in [0, 0.1) is 15.9 Å². The number of fused-ring (bicyclic) bond motifs is 1. The number of nitrogens with one attached hydrogen (secondary N) is 1. The summed E-state index contributed by atoms with van der Waals surface area (Å²) >= 11 is 1.33. The standard InChI is InChI=1S/C22H20FN7O3S/c1-27-8-10-28(11-9-27)17-7-4-15(12-18(17)30(32)33)20(31)24-21-25-22-29(26-21)19(13-34-22)14-2-5-16(23)6-3-14/h2-7,12-13H,8-11H2,1H3,(H,24,26,31). The molecule has 5 rings (SSSR count). The molecule has 10 nitrogen and oxygen atoms in total. The minimum atomic E-state index is -0.547. The van der Waals surface area contributed by atoms with E-state index in [4.69, 9.17) is 0 Å². The number of hydrogen-bond acceptors (Lipinski definition) is 8. The van der Waals surface area contributed by atoms with Crippen LogP contribution in [-0.2, 0) is 0 Å². The summed E-state index contributed by atoms with van der Waals surface area (Å²) in [4.78, 5) is 33.1. The van der Waals surface area contributed by atoms with Crippen molar-refractivity contribution in [2.45, 2.75) is 0 Å². The number of nitro groups is 1. The molecule has 1 aliphatic heterocycles. The van der Waals surface area contributed by atoms with Crippen LogP contribution in [0.25, 0.3) is 16.2 Å². The zero-order chi connectivity index (χ0) is 23.8. The molecule has 1 aliphatic rings. The quantitative estimate of drug-likeness (QED) is 0.343. The molecule has 1 N–H and O–H groups in total. The molecule has 34 heavy (non-hydrogen) atoms. The lowest BCUT2D eigenvalue weighted by atomic mass is 10.1. The van der Waals surface area contributed by atoms with Gasteiger partial charge in [-0.25, -0.2) is 8.91 Å². The van der Waals surface area contributed by atoms with Gasteiger partial charge in [-0.15, -0.1) is 16.4 Å². The topological polar surface area (TPSA) is 109 Å². The number of nitrogens with zero attached hydrogens (tertiary/aromatic N) is 6. The number of aromatic nitrogens is 3. The second-order valence-corrected chi connectivity index (χ2v) is 8.80. The molecule has 0 saturated carbocycles.